The maximum atomic E-state index is 13.2. The van der Waals surface area contributed by atoms with Gasteiger partial charge in [-0.2, -0.15) is 13.2 Å². The second-order valence-electron chi connectivity index (χ2n) is 7.06. The SMILES string of the molecule is CC(C)(C)OC(=O)Nc1nc2c(C3CCCO3)cc(C(F)(F)F)cc2s1. The minimum Gasteiger partial charge on any atom is -0.444 e. The zero-order valence-electron chi connectivity index (χ0n) is 14.6. The van der Waals surface area contributed by atoms with Crippen molar-refractivity contribution in [3.05, 3.63) is 23.3 Å². The summed E-state index contributed by atoms with van der Waals surface area (Å²) in [4.78, 5) is 16.2. The summed E-state index contributed by atoms with van der Waals surface area (Å²) in [6.07, 6.45) is -4.16. The van der Waals surface area contributed by atoms with Crippen LogP contribution in [-0.2, 0) is 15.7 Å². The van der Waals surface area contributed by atoms with Gasteiger partial charge < -0.3 is 9.47 Å². The number of alkyl halides is 3. The van der Waals surface area contributed by atoms with Gasteiger partial charge in [-0.15, -0.1) is 0 Å². The number of amides is 1. The van der Waals surface area contributed by atoms with Crippen LogP contribution < -0.4 is 5.32 Å². The molecule has 2 aromatic rings. The van der Waals surface area contributed by atoms with E-state index in [9.17, 15) is 18.0 Å². The second kappa shape index (κ2) is 6.70. The molecular formula is C17H19F3N2O3S. The Kier molecular flexibility index (Phi) is 4.87. The number of anilines is 1. The summed E-state index contributed by atoms with van der Waals surface area (Å²) in [6, 6.07) is 2.14. The Morgan fingerprint density at radius 1 is 1.35 bits per heavy atom. The Bertz CT molecular complexity index is 821. The van der Waals surface area contributed by atoms with Gasteiger partial charge in [0.15, 0.2) is 5.13 Å². The topological polar surface area (TPSA) is 60.5 Å². The highest BCUT2D eigenvalue weighted by atomic mass is 32.1. The van der Waals surface area contributed by atoms with E-state index in [1.54, 1.807) is 20.8 Å². The van der Waals surface area contributed by atoms with Crippen LogP contribution in [0.2, 0.25) is 0 Å². The van der Waals surface area contributed by atoms with E-state index in [0.717, 1.165) is 29.9 Å². The maximum Gasteiger partial charge on any atom is 0.416 e. The van der Waals surface area contributed by atoms with Crippen molar-refractivity contribution < 1.29 is 27.4 Å². The van der Waals surface area contributed by atoms with Crippen LogP contribution in [0.15, 0.2) is 12.1 Å². The normalized spacial score (nSPS) is 18.3. The molecule has 9 heteroatoms. The smallest absolute Gasteiger partial charge is 0.416 e. The van der Waals surface area contributed by atoms with Crippen molar-refractivity contribution in [1.29, 1.82) is 0 Å². The van der Waals surface area contributed by atoms with Gasteiger partial charge in [0.05, 0.1) is 21.9 Å². The largest absolute Gasteiger partial charge is 0.444 e. The van der Waals surface area contributed by atoms with Crippen molar-refractivity contribution in [2.24, 2.45) is 0 Å². The van der Waals surface area contributed by atoms with E-state index < -0.39 is 29.5 Å². The number of ether oxygens (including phenoxy) is 2. The van der Waals surface area contributed by atoms with Crippen LogP contribution in [0.3, 0.4) is 0 Å². The van der Waals surface area contributed by atoms with Crippen molar-refractivity contribution >= 4 is 32.8 Å². The number of rotatable bonds is 2. The van der Waals surface area contributed by atoms with Gasteiger partial charge in [0.2, 0.25) is 0 Å². The van der Waals surface area contributed by atoms with Crippen LogP contribution in [-0.4, -0.2) is 23.3 Å². The molecule has 0 spiro atoms. The Morgan fingerprint density at radius 3 is 2.65 bits per heavy atom. The summed E-state index contributed by atoms with van der Waals surface area (Å²) >= 11 is 0.976. The average Bonchev–Trinajstić information content (AvgIpc) is 3.11. The van der Waals surface area contributed by atoms with E-state index in [1.165, 1.54) is 0 Å². The Labute approximate surface area is 152 Å². The van der Waals surface area contributed by atoms with Crippen molar-refractivity contribution in [2.45, 2.75) is 51.5 Å². The molecule has 142 valence electrons. The van der Waals surface area contributed by atoms with E-state index in [4.69, 9.17) is 9.47 Å². The number of hydrogen-bond donors (Lipinski definition) is 1. The van der Waals surface area contributed by atoms with Gasteiger partial charge in [-0.3, -0.25) is 5.32 Å². The molecule has 3 rings (SSSR count). The summed E-state index contributed by atoms with van der Waals surface area (Å²) in [5, 5.41) is 2.68. The fraction of sp³-hybridized carbons (Fsp3) is 0.529. The number of nitrogens with one attached hydrogen (secondary N) is 1. The third kappa shape index (κ3) is 4.27. The number of halogens is 3. The predicted octanol–water partition coefficient (Wildman–Crippen LogP) is 5.51. The quantitative estimate of drug-likeness (QED) is 0.737. The minimum absolute atomic E-state index is 0.188. The average molecular weight is 388 g/mol. The van der Waals surface area contributed by atoms with Crippen LogP contribution in [0, 0.1) is 0 Å². The summed E-state index contributed by atoms with van der Waals surface area (Å²) < 4.78 is 50.8. The van der Waals surface area contributed by atoms with Crippen LogP contribution in [0.1, 0.15) is 50.8 Å². The molecule has 0 aliphatic carbocycles. The van der Waals surface area contributed by atoms with Crippen molar-refractivity contribution in [2.75, 3.05) is 11.9 Å². The Morgan fingerprint density at radius 2 is 2.08 bits per heavy atom. The molecule has 26 heavy (non-hydrogen) atoms. The number of benzene rings is 1. The lowest BCUT2D eigenvalue weighted by Gasteiger charge is -2.18. The van der Waals surface area contributed by atoms with E-state index in [1.807, 2.05) is 0 Å². The van der Waals surface area contributed by atoms with Crippen molar-refractivity contribution in [1.82, 2.24) is 4.98 Å². The number of carbonyl (C=O) groups excluding carboxylic acids is 1. The van der Waals surface area contributed by atoms with Crippen LogP contribution in [0.5, 0.6) is 0 Å². The molecule has 1 saturated heterocycles. The summed E-state index contributed by atoms with van der Waals surface area (Å²) in [5.74, 6) is 0. The Balaban J connectivity index is 1.98. The number of carbonyl (C=O) groups is 1. The van der Waals surface area contributed by atoms with E-state index in [2.05, 4.69) is 10.3 Å². The highest BCUT2D eigenvalue weighted by Gasteiger charge is 2.34. The third-order valence-corrected chi connectivity index (χ3v) is 4.65. The molecule has 1 unspecified atom stereocenters. The molecule has 1 N–H and O–H groups in total. The molecule has 1 amide bonds. The van der Waals surface area contributed by atoms with Crippen molar-refractivity contribution in [3.8, 4) is 0 Å². The van der Waals surface area contributed by atoms with Gasteiger partial charge in [-0.1, -0.05) is 11.3 Å². The van der Waals surface area contributed by atoms with Gasteiger partial charge in [-0.25, -0.2) is 9.78 Å². The van der Waals surface area contributed by atoms with Gasteiger partial charge in [0.25, 0.3) is 0 Å². The molecule has 1 atom stereocenters. The van der Waals surface area contributed by atoms with Crippen molar-refractivity contribution in [3.63, 3.8) is 0 Å². The number of thiazole rings is 1. The summed E-state index contributed by atoms with van der Waals surface area (Å²) in [7, 11) is 0. The zero-order valence-corrected chi connectivity index (χ0v) is 15.4. The lowest BCUT2D eigenvalue weighted by molar-refractivity contribution is -0.137. The molecule has 1 fully saturated rings. The molecule has 1 aliphatic heterocycles. The van der Waals surface area contributed by atoms with Crippen LogP contribution in [0.25, 0.3) is 10.2 Å². The van der Waals surface area contributed by atoms with Crippen LogP contribution in [0.4, 0.5) is 23.1 Å². The fourth-order valence-corrected chi connectivity index (χ4v) is 3.66. The number of aromatic nitrogens is 1. The first-order valence-electron chi connectivity index (χ1n) is 8.16. The third-order valence-electron chi connectivity index (χ3n) is 3.74. The lowest BCUT2D eigenvalue weighted by atomic mass is 10.0. The molecule has 0 bridgehead atoms. The first kappa shape index (κ1) is 18.9. The van der Waals surface area contributed by atoms with Gasteiger partial charge in [-0.05, 0) is 45.7 Å². The monoisotopic (exact) mass is 388 g/mol. The number of nitrogens with zero attached hydrogens (tertiary/aromatic N) is 1. The first-order valence-corrected chi connectivity index (χ1v) is 8.98. The van der Waals surface area contributed by atoms with E-state index >= 15 is 0 Å². The van der Waals surface area contributed by atoms with Gasteiger partial charge >= 0.3 is 12.3 Å². The number of hydrogen-bond acceptors (Lipinski definition) is 5. The molecule has 5 nitrogen and oxygen atoms in total. The number of fused-ring (bicyclic) bond motifs is 1. The second-order valence-corrected chi connectivity index (χ2v) is 8.09. The highest BCUT2D eigenvalue weighted by Crippen LogP contribution is 2.41. The van der Waals surface area contributed by atoms with E-state index in [-0.39, 0.29) is 5.13 Å². The maximum absolute atomic E-state index is 13.2. The zero-order chi connectivity index (χ0) is 19.1. The van der Waals surface area contributed by atoms with Gasteiger partial charge in [0.1, 0.15) is 5.60 Å². The molecule has 1 aromatic heterocycles. The summed E-state index contributed by atoms with van der Waals surface area (Å²) in [5.41, 5.74) is -0.614. The van der Waals surface area contributed by atoms with Crippen LogP contribution >= 0.6 is 11.3 Å². The standard InChI is InChI=1S/C17H19F3N2O3S/c1-16(2,3)25-15(23)22-14-21-13-10(11-5-4-6-24-11)7-9(17(18,19)20)8-12(13)26-14/h7-8,11H,4-6H2,1-3H3,(H,21,22,23). The first-order chi connectivity index (χ1) is 12.0. The molecule has 0 saturated carbocycles. The Hall–Kier alpha value is -1.87. The fourth-order valence-electron chi connectivity index (χ4n) is 2.73. The predicted molar refractivity (Wildman–Crippen MR) is 92.4 cm³/mol. The molecule has 0 radical (unpaired) electrons. The minimum atomic E-state index is -4.47. The van der Waals surface area contributed by atoms with E-state index in [0.29, 0.717) is 28.8 Å². The molecular weight excluding hydrogens is 369 g/mol. The molecule has 2 heterocycles. The molecule has 1 aromatic carbocycles. The highest BCUT2D eigenvalue weighted by molar-refractivity contribution is 7.22. The molecule has 1 aliphatic rings. The summed E-state index contributed by atoms with van der Waals surface area (Å²) in [6.45, 7) is 5.66. The van der Waals surface area contributed by atoms with Gasteiger partial charge in [0, 0.05) is 12.2 Å². The lowest BCUT2D eigenvalue weighted by Crippen LogP contribution is -2.27.